The summed E-state index contributed by atoms with van der Waals surface area (Å²) in [6.45, 7) is 3.26. The van der Waals surface area contributed by atoms with Crippen LogP contribution < -0.4 is 16.0 Å². The maximum atomic E-state index is 12.0. The zero-order valence-electron chi connectivity index (χ0n) is 16.7. The number of allylic oxidation sites excluding steroid dienone is 4. The first-order valence-corrected chi connectivity index (χ1v) is 11.1. The van der Waals surface area contributed by atoms with Crippen molar-refractivity contribution in [1.29, 1.82) is 0 Å². The van der Waals surface area contributed by atoms with Crippen molar-refractivity contribution >= 4 is 39.0 Å². The molecule has 29 heavy (non-hydrogen) atoms. The van der Waals surface area contributed by atoms with Gasteiger partial charge in [-0.25, -0.2) is 9.78 Å². The van der Waals surface area contributed by atoms with E-state index in [1.165, 1.54) is 24.0 Å². The van der Waals surface area contributed by atoms with E-state index in [0.29, 0.717) is 19.1 Å². The number of fused-ring (bicyclic) bond motifs is 1. The topological polar surface area (TPSA) is 83.3 Å². The van der Waals surface area contributed by atoms with E-state index in [1.54, 1.807) is 10.7 Å². The van der Waals surface area contributed by atoms with Crippen LogP contribution in [0, 0.1) is 0 Å². The number of rotatable bonds is 6. The molecule has 2 amide bonds. The van der Waals surface area contributed by atoms with E-state index in [0.717, 1.165) is 47.3 Å². The van der Waals surface area contributed by atoms with E-state index in [1.807, 2.05) is 6.07 Å². The van der Waals surface area contributed by atoms with E-state index in [4.69, 9.17) is 4.98 Å². The van der Waals surface area contributed by atoms with Crippen LogP contribution in [0.2, 0.25) is 0 Å². The molecule has 0 unspecified atom stereocenters. The molecule has 0 bridgehead atoms. The molecule has 0 aliphatic heterocycles. The minimum atomic E-state index is -0.0887. The van der Waals surface area contributed by atoms with E-state index in [-0.39, 0.29) is 6.03 Å². The van der Waals surface area contributed by atoms with Crippen LogP contribution in [-0.4, -0.2) is 39.8 Å². The highest BCUT2D eigenvalue weighted by Crippen LogP contribution is 2.30. The molecule has 1 fully saturated rings. The molecule has 2 heterocycles. The molecular weight excluding hydrogens is 432 g/mol. The monoisotopic (exact) mass is 458 g/mol. The maximum absolute atomic E-state index is 12.0. The molecule has 2 aromatic rings. The number of nitrogens with one attached hydrogen (secondary N) is 3. The number of anilines is 1. The van der Waals surface area contributed by atoms with Crippen molar-refractivity contribution in [2.75, 3.05) is 18.4 Å². The summed E-state index contributed by atoms with van der Waals surface area (Å²) in [5, 5.41) is 13.8. The van der Waals surface area contributed by atoms with Crippen LogP contribution in [0.1, 0.15) is 51.1 Å². The average Bonchev–Trinajstić information content (AvgIpc) is 3.35. The molecule has 0 saturated heterocycles. The Hall–Kier alpha value is -2.35. The van der Waals surface area contributed by atoms with Gasteiger partial charge in [-0.05, 0) is 59.7 Å². The molecule has 0 radical (unpaired) electrons. The van der Waals surface area contributed by atoms with Gasteiger partial charge in [-0.1, -0.05) is 25.0 Å². The van der Waals surface area contributed by atoms with Crippen molar-refractivity contribution in [3.63, 3.8) is 0 Å². The first kappa shape index (κ1) is 19.9. The maximum Gasteiger partial charge on any atom is 0.315 e. The molecule has 2 aliphatic carbocycles. The van der Waals surface area contributed by atoms with Crippen molar-refractivity contribution in [3.8, 4) is 0 Å². The molecule has 1 saturated carbocycles. The van der Waals surface area contributed by atoms with Crippen LogP contribution in [0.3, 0.4) is 0 Å². The predicted octanol–water partition coefficient (Wildman–Crippen LogP) is 4.27. The second-order valence-electron chi connectivity index (χ2n) is 7.65. The molecule has 8 heteroatoms. The lowest BCUT2D eigenvalue weighted by molar-refractivity contribution is 0.237. The number of nitrogens with zero attached hydrogens (tertiary/aromatic N) is 3. The number of hydrogen-bond donors (Lipinski definition) is 3. The first-order chi connectivity index (χ1) is 14.1. The highest BCUT2D eigenvalue weighted by Gasteiger charge is 2.17. The number of hydrogen-bond acceptors (Lipinski definition) is 4. The van der Waals surface area contributed by atoms with Gasteiger partial charge in [0.15, 0.2) is 5.65 Å². The molecule has 4 rings (SSSR count). The Morgan fingerprint density at radius 2 is 2.03 bits per heavy atom. The van der Waals surface area contributed by atoms with Crippen molar-refractivity contribution in [3.05, 3.63) is 40.2 Å². The summed E-state index contributed by atoms with van der Waals surface area (Å²) in [6, 6.07) is 2.26. The van der Waals surface area contributed by atoms with Crippen LogP contribution in [-0.2, 0) is 0 Å². The minimum Gasteiger partial charge on any atom is -0.368 e. The van der Waals surface area contributed by atoms with E-state index in [2.05, 4.69) is 56.1 Å². The third-order valence-corrected chi connectivity index (χ3v) is 6.06. The molecule has 0 atom stereocenters. The van der Waals surface area contributed by atoms with E-state index < -0.39 is 0 Å². The van der Waals surface area contributed by atoms with E-state index >= 15 is 0 Å². The quantitative estimate of drug-likeness (QED) is 0.564. The molecule has 154 valence electrons. The van der Waals surface area contributed by atoms with Gasteiger partial charge in [0.1, 0.15) is 5.82 Å². The number of amides is 2. The predicted molar refractivity (Wildman–Crippen MR) is 119 cm³/mol. The minimum absolute atomic E-state index is 0.0887. The zero-order valence-corrected chi connectivity index (χ0v) is 18.3. The second kappa shape index (κ2) is 8.98. The van der Waals surface area contributed by atoms with Crippen molar-refractivity contribution in [2.24, 2.45) is 0 Å². The number of carbonyl (C=O) groups is 1. The van der Waals surface area contributed by atoms with Crippen LogP contribution in [0.25, 0.3) is 11.2 Å². The molecule has 0 spiro atoms. The lowest BCUT2D eigenvalue weighted by Crippen LogP contribution is -2.42. The molecular formula is C21H27BrN6O. The van der Waals surface area contributed by atoms with Gasteiger partial charge in [-0.15, -0.1) is 0 Å². The SMILES string of the molecule is CC1=CCCC=C1c1cc(NCCNC(=O)NC2CCCC2)n2ncc(Br)c2n1. The Morgan fingerprint density at radius 3 is 2.83 bits per heavy atom. The van der Waals surface area contributed by atoms with E-state index in [9.17, 15) is 4.79 Å². The van der Waals surface area contributed by atoms with Gasteiger partial charge < -0.3 is 16.0 Å². The summed E-state index contributed by atoms with van der Waals surface area (Å²) in [4.78, 5) is 16.8. The van der Waals surface area contributed by atoms with Crippen LogP contribution in [0.4, 0.5) is 10.6 Å². The first-order valence-electron chi connectivity index (χ1n) is 10.3. The summed E-state index contributed by atoms with van der Waals surface area (Å²) < 4.78 is 2.64. The number of carbonyl (C=O) groups excluding carboxylic acids is 1. The molecule has 2 aliphatic rings. The molecule has 7 nitrogen and oxygen atoms in total. The zero-order chi connectivity index (χ0) is 20.2. The van der Waals surface area contributed by atoms with Gasteiger partial charge in [-0.2, -0.15) is 9.61 Å². The standard InChI is InChI=1S/C21H27BrN6O/c1-14-6-2-5-9-16(14)18-12-19(28-20(27-18)17(22)13-25-28)23-10-11-24-21(29)26-15-7-3-4-8-15/h6,9,12-13,15,23H,2-5,7-8,10-11H2,1H3,(H2,24,26,29). The fraction of sp³-hybridized carbons (Fsp3) is 0.476. The largest absolute Gasteiger partial charge is 0.368 e. The third-order valence-electron chi connectivity index (χ3n) is 5.50. The lowest BCUT2D eigenvalue weighted by atomic mass is 9.96. The summed E-state index contributed by atoms with van der Waals surface area (Å²) >= 11 is 3.54. The Balaban J connectivity index is 1.43. The Labute approximate surface area is 179 Å². The highest BCUT2D eigenvalue weighted by atomic mass is 79.9. The Morgan fingerprint density at radius 1 is 1.24 bits per heavy atom. The number of aromatic nitrogens is 3. The van der Waals surface area contributed by atoms with Crippen molar-refractivity contribution in [2.45, 2.75) is 51.5 Å². The van der Waals surface area contributed by atoms with Crippen LogP contribution >= 0.6 is 15.9 Å². The van der Waals surface area contributed by atoms with Gasteiger partial charge in [0, 0.05) is 25.2 Å². The lowest BCUT2D eigenvalue weighted by Gasteiger charge is -2.16. The van der Waals surface area contributed by atoms with Crippen LogP contribution in [0.15, 0.2) is 34.5 Å². The summed E-state index contributed by atoms with van der Waals surface area (Å²) in [5.74, 6) is 0.855. The highest BCUT2D eigenvalue weighted by molar-refractivity contribution is 9.10. The normalized spacial score (nSPS) is 17.2. The van der Waals surface area contributed by atoms with Crippen molar-refractivity contribution in [1.82, 2.24) is 25.2 Å². The smallest absolute Gasteiger partial charge is 0.315 e. The fourth-order valence-corrected chi connectivity index (χ4v) is 4.33. The number of halogens is 1. The van der Waals surface area contributed by atoms with Crippen LogP contribution in [0.5, 0.6) is 0 Å². The molecule has 2 aromatic heterocycles. The second-order valence-corrected chi connectivity index (χ2v) is 8.50. The number of urea groups is 1. The van der Waals surface area contributed by atoms with Gasteiger partial charge in [-0.3, -0.25) is 0 Å². The summed E-state index contributed by atoms with van der Waals surface area (Å²) in [7, 11) is 0. The summed E-state index contributed by atoms with van der Waals surface area (Å²) in [5.41, 5.74) is 4.13. The molecule has 0 aromatic carbocycles. The van der Waals surface area contributed by atoms with Gasteiger partial charge in [0.2, 0.25) is 0 Å². The Kier molecular flexibility index (Phi) is 6.18. The van der Waals surface area contributed by atoms with Gasteiger partial charge >= 0.3 is 6.03 Å². The van der Waals surface area contributed by atoms with Gasteiger partial charge in [0.05, 0.1) is 16.4 Å². The van der Waals surface area contributed by atoms with Crippen molar-refractivity contribution < 1.29 is 4.79 Å². The molecule has 3 N–H and O–H groups in total. The summed E-state index contributed by atoms with van der Waals surface area (Å²) in [6.07, 6.45) is 12.9. The average molecular weight is 459 g/mol. The third kappa shape index (κ3) is 4.63. The Bertz CT molecular complexity index is 957. The van der Waals surface area contributed by atoms with Gasteiger partial charge in [0.25, 0.3) is 0 Å². The fourth-order valence-electron chi connectivity index (χ4n) is 3.98.